The smallest absolute Gasteiger partial charge is 0.310 e. The van der Waals surface area contributed by atoms with E-state index >= 15 is 0 Å². The van der Waals surface area contributed by atoms with Gasteiger partial charge in [0.05, 0.1) is 23.2 Å². The largest absolute Gasteiger partial charge is 0.465 e. The summed E-state index contributed by atoms with van der Waals surface area (Å²) in [5.41, 5.74) is 0. The molecule has 7 nitrogen and oxygen atoms in total. The zero-order chi connectivity index (χ0) is 25.9. The SMILES string of the molecule is C=CCCOC(=O)[C@@H]1[C@@H]2CC(C)C3(S2)C(C(=O)N(CC=C)C2CCCCC2)N(CCCCO)C(=O)[C@H]13. The van der Waals surface area contributed by atoms with Crippen molar-refractivity contribution in [2.24, 2.45) is 17.8 Å². The fourth-order valence-corrected chi connectivity index (χ4v) is 9.55. The topological polar surface area (TPSA) is 87.2 Å². The molecule has 3 saturated heterocycles. The van der Waals surface area contributed by atoms with Crippen LogP contribution in [-0.4, -0.2) is 81.1 Å². The van der Waals surface area contributed by atoms with Gasteiger partial charge in [0.25, 0.3) is 0 Å². The molecule has 1 saturated carbocycles. The highest BCUT2D eigenvalue weighted by Crippen LogP contribution is 2.68. The first-order valence-electron chi connectivity index (χ1n) is 13.7. The van der Waals surface area contributed by atoms with Crippen molar-refractivity contribution >= 4 is 29.5 Å². The van der Waals surface area contributed by atoms with Crippen LogP contribution in [0.3, 0.4) is 0 Å². The summed E-state index contributed by atoms with van der Waals surface area (Å²) in [7, 11) is 0. The Kier molecular flexibility index (Phi) is 8.87. The van der Waals surface area contributed by atoms with Crippen LogP contribution in [0.5, 0.6) is 0 Å². The number of ether oxygens (including phenoxy) is 1. The van der Waals surface area contributed by atoms with Crippen LogP contribution in [0.1, 0.15) is 64.7 Å². The third-order valence-electron chi connectivity index (χ3n) is 8.75. The molecule has 2 amide bonds. The van der Waals surface area contributed by atoms with Crippen LogP contribution in [-0.2, 0) is 19.1 Å². The summed E-state index contributed by atoms with van der Waals surface area (Å²) in [6.07, 6.45) is 11.4. The van der Waals surface area contributed by atoms with E-state index < -0.39 is 22.6 Å². The van der Waals surface area contributed by atoms with Crippen LogP contribution >= 0.6 is 11.8 Å². The van der Waals surface area contributed by atoms with E-state index in [1.165, 1.54) is 6.42 Å². The Bertz CT molecular complexity index is 859. The van der Waals surface area contributed by atoms with Gasteiger partial charge in [-0.05, 0) is 44.4 Å². The standard InChI is InChI=1S/C28H42N2O5S/c1-4-6-17-35-27(34)22-21-18-19(3)28(36-21)23(22)25(32)30(15-10-11-16-31)24(28)26(33)29(14-5-2)20-12-8-7-9-13-20/h4-5,19-24,31H,1-2,6-18H2,3H3/t19?,21-,22+,23-,24?,28?/m0/s1. The van der Waals surface area contributed by atoms with E-state index in [1.807, 2.05) is 4.90 Å². The van der Waals surface area contributed by atoms with Gasteiger partial charge in [0.15, 0.2) is 0 Å². The average molecular weight is 519 g/mol. The number of unbranched alkanes of at least 4 members (excludes halogenated alkanes) is 1. The van der Waals surface area contributed by atoms with Crippen molar-refractivity contribution < 1.29 is 24.2 Å². The van der Waals surface area contributed by atoms with Crippen LogP contribution in [0.15, 0.2) is 25.3 Å². The minimum absolute atomic E-state index is 0.00215. The number of aliphatic hydroxyl groups is 1. The highest BCUT2D eigenvalue weighted by atomic mass is 32.2. The number of esters is 1. The molecule has 0 aromatic rings. The Labute approximate surface area is 219 Å². The monoisotopic (exact) mass is 518 g/mol. The zero-order valence-electron chi connectivity index (χ0n) is 21.6. The summed E-state index contributed by atoms with van der Waals surface area (Å²) < 4.78 is 4.95. The lowest BCUT2D eigenvalue weighted by atomic mass is 9.66. The van der Waals surface area contributed by atoms with Crippen molar-refractivity contribution in [3.05, 3.63) is 25.3 Å². The van der Waals surface area contributed by atoms with E-state index in [1.54, 1.807) is 28.8 Å². The second-order valence-electron chi connectivity index (χ2n) is 10.8. The molecule has 8 heteroatoms. The lowest BCUT2D eigenvalue weighted by molar-refractivity contribution is -0.154. The van der Waals surface area contributed by atoms with Crippen LogP contribution < -0.4 is 0 Å². The maximum absolute atomic E-state index is 14.5. The average Bonchev–Trinajstić information content (AvgIpc) is 3.47. The Morgan fingerprint density at radius 2 is 1.97 bits per heavy atom. The van der Waals surface area contributed by atoms with E-state index in [2.05, 4.69) is 20.1 Å². The Morgan fingerprint density at radius 1 is 1.22 bits per heavy atom. The lowest BCUT2D eigenvalue weighted by Crippen LogP contribution is -2.59. The summed E-state index contributed by atoms with van der Waals surface area (Å²) in [6.45, 7) is 10.9. The number of hydrogen-bond donors (Lipinski definition) is 1. The van der Waals surface area contributed by atoms with Gasteiger partial charge in [-0.1, -0.05) is 38.3 Å². The third kappa shape index (κ3) is 4.64. The molecule has 0 aromatic heterocycles. The van der Waals surface area contributed by atoms with Crippen molar-refractivity contribution in [3.63, 3.8) is 0 Å². The zero-order valence-corrected chi connectivity index (χ0v) is 22.4. The number of carbonyl (C=O) groups excluding carboxylic acids is 3. The minimum Gasteiger partial charge on any atom is -0.465 e. The molecule has 4 aliphatic rings. The molecule has 1 spiro atoms. The lowest BCUT2D eigenvalue weighted by Gasteiger charge is -2.43. The van der Waals surface area contributed by atoms with Crippen molar-refractivity contribution in [1.82, 2.24) is 9.80 Å². The molecule has 4 rings (SSSR count). The van der Waals surface area contributed by atoms with Crippen LogP contribution in [0, 0.1) is 17.8 Å². The molecular weight excluding hydrogens is 476 g/mol. The second-order valence-corrected chi connectivity index (χ2v) is 12.4. The molecule has 3 aliphatic heterocycles. The number of likely N-dealkylation sites (tertiary alicyclic amines) is 1. The third-order valence-corrected chi connectivity index (χ3v) is 10.8. The maximum Gasteiger partial charge on any atom is 0.310 e. The molecule has 200 valence electrons. The molecular formula is C28H42N2O5S. The molecule has 4 fully saturated rings. The molecule has 3 unspecified atom stereocenters. The van der Waals surface area contributed by atoms with Crippen molar-refractivity contribution in [2.75, 3.05) is 26.3 Å². The maximum atomic E-state index is 14.5. The van der Waals surface area contributed by atoms with Gasteiger partial charge in [-0.15, -0.1) is 24.9 Å². The Hall–Kier alpha value is -1.80. The van der Waals surface area contributed by atoms with Crippen LogP contribution in [0.2, 0.25) is 0 Å². The van der Waals surface area contributed by atoms with E-state index in [0.717, 1.165) is 32.1 Å². The number of hydrogen-bond acceptors (Lipinski definition) is 6. The molecule has 1 N–H and O–H groups in total. The van der Waals surface area contributed by atoms with Gasteiger partial charge in [-0.25, -0.2) is 0 Å². The molecule has 3 heterocycles. The molecule has 0 aromatic carbocycles. The quantitative estimate of drug-likeness (QED) is 0.242. The van der Waals surface area contributed by atoms with Gasteiger partial charge in [0.1, 0.15) is 6.04 Å². The minimum atomic E-state index is -0.631. The van der Waals surface area contributed by atoms with Gasteiger partial charge >= 0.3 is 5.97 Å². The van der Waals surface area contributed by atoms with Crippen LogP contribution in [0.4, 0.5) is 0 Å². The van der Waals surface area contributed by atoms with E-state index in [0.29, 0.717) is 32.4 Å². The molecule has 1 aliphatic carbocycles. The summed E-state index contributed by atoms with van der Waals surface area (Å²) >= 11 is 1.69. The number of aliphatic hydroxyl groups excluding tert-OH is 1. The number of fused-ring (bicyclic) bond motifs is 1. The first kappa shape index (κ1) is 27.2. The van der Waals surface area contributed by atoms with Gasteiger partial charge in [0, 0.05) is 31.0 Å². The second kappa shape index (κ2) is 11.7. The van der Waals surface area contributed by atoms with Crippen molar-refractivity contribution in [3.8, 4) is 0 Å². The Morgan fingerprint density at radius 3 is 2.64 bits per heavy atom. The summed E-state index contributed by atoms with van der Waals surface area (Å²) in [6, 6.07) is -0.445. The van der Waals surface area contributed by atoms with E-state index in [-0.39, 0.29) is 48.2 Å². The first-order chi connectivity index (χ1) is 17.4. The number of carbonyl (C=O) groups is 3. The number of rotatable bonds is 12. The summed E-state index contributed by atoms with van der Waals surface area (Å²) in [5.74, 6) is -1.35. The number of thioether (sulfide) groups is 1. The summed E-state index contributed by atoms with van der Waals surface area (Å²) in [5, 5.41) is 9.36. The predicted octanol–water partition coefficient (Wildman–Crippen LogP) is 3.56. The highest BCUT2D eigenvalue weighted by molar-refractivity contribution is 8.02. The highest BCUT2D eigenvalue weighted by Gasteiger charge is 2.76. The number of nitrogens with zero attached hydrogens (tertiary/aromatic N) is 2. The summed E-state index contributed by atoms with van der Waals surface area (Å²) in [4.78, 5) is 45.5. The van der Waals surface area contributed by atoms with Gasteiger partial charge in [-0.3, -0.25) is 14.4 Å². The normalized spacial score (nSPS) is 33.4. The first-order valence-corrected chi connectivity index (χ1v) is 14.6. The fourth-order valence-electron chi connectivity index (χ4n) is 7.15. The van der Waals surface area contributed by atoms with Gasteiger partial charge < -0.3 is 19.6 Å². The van der Waals surface area contributed by atoms with E-state index in [4.69, 9.17) is 4.74 Å². The molecule has 6 atom stereocenters. The van der Waals surface area contributed by atoms with Gasteiger partial charge in [0.2, 0.25) is 11.8 Å². The predicted molar refractivity (Wildman–Crippen MR) is 141 cm³/mol. The fraction of sp³-hybridized carbons (Fsp3) is 0.750. The Balaban J connectivity index is 1.69. The van der Waals surface area contributed by atoms with E-state index in [9.17, 15) is 19.5 Å². The molecule has 0 radical (unpaired) electrons. The molecule has 2 bridgehead atoms. The van der Waals surface area contributed by atoms with Gasteiger partial charge in [-0.2, -0.15) is 0 Å². The van der Waals surface area contributed by atoms with Crippen molar-refractivity contribution in [1.29, 1.82) is 0 Å². The molecule has 36 heavy (non-hydrogen) atoms. The van der Waals surface area contributed by atoms with Crippen molar-refractivity contribution in [2.45, 2.75) is 86.8 Å². The number of amides is 2. The van der Waals surface area contributed by atoms with Crippen LogP contribution in [0.25, 0.3) is 0 Å².